The molecule has 1 amide bonds. The summed E-state index contributed by atoms with van der Waals surface area (Å²) in [5.74, 6) is 0.0891. The van der Waals surface area contributed by atoms with E-state index in [9.17, 15) is 4.79 Å². The number of thiazole rings is 1. The standard InChI is InChI=1S/C12H20N4OS/c1-12(8-13)3-5-16(9-12)7-10(17)15(2)11-14-4-6-18-11/h4,6H,3,5,7-9,13H2,1-2H3/t12-/m0/s1. The lowest BCUT2D eigenvalue weighted by Crippen LogP contribution is -2.39. The molecule has 1 aromatic heterocycles. The summed E-state index contributed by atoms with van der Waals surface area (Å²) in [7, 11) is 1.78. The van der Waals surface area contributed by atoms with E-state index in [-0.39, 0.29) is 11.3 Å². The third-order valence-corrected chi connectivity index (χ3v) is 4.42. The summed E-state index contributed by atoms with van der Waals surface area (Å²) < 4.78 is 0. The van der Waals surface area contributed by atoms with Gasteiger partial charge in [-0.15, -0.1) is 11.3 Å². The van der Waals surface area contributed by atoms with Crippen LogP contribution in [-0.4, -0.2) is 49.0 Å². The van der Waals surface area contributed by atoms with Crippen molar-refractivity contribution in [1.82, 2.24) is 9.88 Å². The van der Waals surface area contributed by atoms with Gasteiger partial charge in [-0.3, -0.25) is 14.6 Å². The van der Waals surface area contributed by atoms with Crippen molar-refractivity contribution in [3.05, 3.63) is 11.6 Å². The third-order valence-electron chi connectivity index (χ3n) is 3.57. The van der Waals surface area contributed by atoms with Gasteiger partial charge in [0.1, 0.15) is 0 Å². The molecule has 18 heavy (non-hydrogen) atoms. The smallest absolute Gasteiger partial charge is 0.242 e. The topological polar surface area (TPSA) is 62.5 Å². The van der Waals surface area contributed by atoms with Crippen molar-refractivity contribution in [2.75, 3.05) is 38.1 Å². The summed E-state index contributed by atoms with van der Waals surface area (Å²) in [6.07, 6.45) is 2.78. The molecule has 0 bridgehead atoms. The molecule has 1 aliphatic rings. The van der Waals surface area contributed by atoms with E-state index in [0.29, 0.717) is 13.1 Å². The van der Waals surface area contributed by atoms with Crippen LogP contribution in [0, 0.1) is 5.41 Å². The van der Waals surface area contributed by atoms with Crippen LogP contribution in [0.3, 0.4) is 0 Å². The number of anilines is 1. The van der Waals surface area contributed by atoms with Gasteiger partial charge < -0.3 is 5.73 Å². The van der Waals surface area contributed by atoms with Gasteiger partial charge in [0.25, 0.3) is 0 Å². The number of carbonyl (C=O) groups is 1. The second-order valence-corrected chi connectivity index (χ2v) is 6.12. The van der Waals surface area contributed by atoms with Crippen molar-refractivity contribution >= 4 is 22.4 Å². The summed E-state index contributed by atoms with van der Waals surface area (Å²) in [6, 6.07) is 0. The number of nitrogens with zero attached hydrogens (tertiary/aromatic N) is 3. The summed E-state index contributed by atoms with van der Waals surface area (Å²) in [5, 5.41) is 2.63. The van der Waals surface area contributed by atoms with Gasteiger partial charge in [-0.2, -0.15) is 0 Å². The molecule has 2 heterocycles. The Kier molecular flexibility index (Phi) is 3.99. The number of hydrogen-bond donors (Lipinski definition) is 1. The van der Waals surface area contributed by atoms with E-state index in [4.69, 9.17) is 5.73 Å². The number of rotatable bonds is 4. The number of nitrogens with two attached hydrogens (primary N) is 1. The van der Waals surface area contributed by atoms with Crippen LogP contribution in [0.15, 0.2) is 11.6 Å². The van der Waals surface area contributed by atoms with E-state index in [1.54, 1.807) is 18.1 Å². The lowest BCUT2D eigenvalue weighted by molar-refractivity contribution is -0.119. The number of hydrogen-bond acceptors (Lipinski definition) is 5. The van der Waals surface area contributed by atoms with Crippen LogP contribution in [0.2, 0.25) is 0 Å². The monoisotopic (exact) mass is 268 g/mol. The van der Waals surface area contributed by atoms with Crippen LogP contribution < -0.4 is 10.6 Å². The van der Waals surface area contributed by atoms with Gasteiger partial charge in [0.15, 0.2) is 5.13 Å². The molecular formula is C12H20N4OS. The molecular weight excluding hydrogens is 248 g/mol. The molecule has 0 unspecified atom stereocenters. The third kappa shape index (κ3) is 2.88. The quantitative estimate of drug-likeness (QED) is 0.876. The number of likely N-dealkylation sites (tertiary alicyclic amines) is 1. The Hall–Kier alpha value is -0.980. The molecule has 2 N–H and O–H groups in total. The van der Waals surface area contributed by atoms with Crippen molar-refractivity contribution in [3.63, 3.8) is 0 Å². The van der Waals surface area contributed by atoms with E-state index in [2.05, 4.69) is 16.8 Å². The van der Waals surface area contributed by atoms with Crippen molar-refractivity contribution < 1.29 is 4.79 Å². The molecule has 1 saturated heterocycles. The van der Waals surface area contributed by atoms with E-state index in [1.165, 1.54) is 11.3 Å². The molecule has 0 saturated carbocycles. The van der Waals surface area contributed by atoms with Gasteiger partial charge in [-0.05, 0) is 24.9 Å². The summed E-state index contributed by atoms with van der Waals surface area (Å²) in [6.45, 7) is 5.17. The van der Waals surface area contributed by atoms with Crippen molar-refractivity contribution in [2.45, 2.75) is 13.3 Å². The highest BCUT2D eigenvalue weighted by Gasteiger charge is 2.33. The van der Waals surface area contributed by atoms with Gasteiger partial charge >= 0.3 is 0 Å². The molecule has 1 aromatic rings. The van der Waals surface area contributed by atoms with Crippen LogP contribution in [0.1, 0.15) is 13.3 Å². The van der Waals surface area contributed by atoms with Gasteiger partial charge in [-0.25, -0.2) is 4.98 Å². The van der Waals surface area contributed by atoms with E-state index in [0.717, 1.165) is 24.6 Å². The zero-order valence-electron chi connectivity index (χ0n) is 10.9. The van der Waals surface area contributed by atoms with Crippen LogP contribution in [0.4, 0.5) is 5.13 Å². The van der Waals surface area contributed by atoms with Crippen LogP contribution in [-0.2, 0) is 4.79 Å². The van der Waals surface area contributed by atoms with E-state index >= 15 is 0 Å². The van der Waals surface area contributed by atoms with Gasteiger partial charge in [0, 0.05) is 25.2 Å². The SMILES string of the molecule is CN(C(=O)CN1CC[C@@](C)(CN)C1)c1nccs1. The number of likely N-dealkylation sites (N-methyl/N-ethyl adjacent to an activating group) is 1. The van der Waals surface area contributed by atoms with E-state index < -0.39 is 0 Å². The lowest BCUT2D eigenvalue weighted by Gasteiger charge is -2.23. The molecule has 0 aromatic carbocycles. The molecule has 0 spiro atoms. The van der Waals surface area contributed by atoms with Gasteiger partial charge in [-0.1, -0.05) is 6.92 Å². The predicted octanol–water partition coefficient (Wildman–Crippen LogP) is 0.777. The largest absolute Gasteiger partial charge is 0.330 e. The van der Waals surface area contributed by atoms with Crippen molar-refractivity contribution in [3.8, 4) is 0 Å². The molecule has 0 aliphatic carbocycles. The Morgan fingerprint density at radius 1 is 1.72 bits per heavy atom. The average molecular weight is 268 g/mol. The van der Waals surface area contributed by atoms with Crippen LogP contribution in [0.5, 0.6) is 0 Å². The fourth-order valence-electron chi connectivity index (χ4n) is 2.21. The zero-order chi connectivity index (χ0) is 13.2. The highest BCUT2D eigenvalue weighted by molar-refractivity contribution is 7.13. The van der Waals surface area contributed by atoms with Crippen LogP contribution in [0.25, 0.3) is 0 Å². The molecule has 1 fully saturated rings. The Labute approximate surface area is 112 Å². The normalized spacial score (nSPS) is 24.4. The summed E-state index contributed by atoms with van der Waals surface area (Å²) in [4.78, 5) is 20.1. The fraction of sp³-hybridized carbons (Fsp3) is 0.667. The van der Waals surface area contributed by atoms with Gasteiger partial charge in [0.05, 0.1) is 6.54 Å². The first-order valence-corrected chi connectivity index (χ1v) is 7.00. The minimum Gasteiger partial charge on any atom is -0.330 e. The number of aromatic nitrogens is 1. The molecule has 1 atom stereocenters. The maximum absolute atomic E-state index is 12.1. The molecule has 100 valence electrons. The highest BCUT2D eigenvalue weighted by atomic mass is 32.1. The minimum atomic E-state index is 0.0891. The van der Waals surface area contributed by atoms with Crippen molar-refractivity contribution in [1.29, 1.82) is 0 Å². The maximum Gasteiger partial charge on any atom is 0.242 e. The number of carbonyl (C=O) groups excluding carboxylic acids is 1. The minimum absolute atomic E-state index is 0.0891. The van der Waals surface area contributed by atoms with Gasteiger partial charge in [0.2, 0.25) is 5.91 Å². The second kappa shape index (κ2) is 5.34. The van der Waals surface area contributed by atoms with E-state index in [1.807, 2.05) is 5.38 Å². The lowest BCUT2D eigenvalue weighted by atomic mass is 9.90. The average Bonchev–Trinajstić information content (AvgIpc) is 2.99. The zero-order valence-corrected chi connectivity index (χ0v) is 11.7. The Morgan fingerprint density at radius 2 is 2.50 bits per heavy atom. The maximum atomic E-state index is 12.1. The van der Waals surface area contributed by atoms with Crippen LogP contribution >= 0.6 is 11.3 Å². The Balaban J connectivity index is 1.89. The summed E-state index contributed by atoms with van der Waals surface area (Å²) in [5.41, 5.74) is 5.93. The fourth-order valence-corrected chi connectivity index (χ4v) is 2.84. The highest BCUT2D eigenvalue weighted by Crippen LogP contribution is 2.28. The summed E-state index contributed by atoms with van der Waals surface area (Å²) >= 11 is 1.48. The Bertz CT molecular complexity index is 408. The first-order chi connectivity index (χ1) is 8.54. The number of amides is 1. The first kappa shape index (κ1) is 13.5. The predicted molar refractivity (Wildman–Crippen MR) is 73.7 cm³/mol. The Morgan fingerprint density at radius 3 is 3.06 bits per heavy atom. The molecule has 0 radical (unpaired) electrons. The molecule has 5 nitrogen and oxygen atoms in total. The molecule has 1 aliphatic heterocycles. The van der Waals surface area contributed by atoms with Crippen molar-refractivity contribution in [2.24, 2.45) is 11.1 Å². The molecule has 6 heteroatoms. The second-order valence-electron chi connectivity index (χ2n) is 5.24. The molecule has 2 rings (SSSR count). The first-order valence-electron chi connectivity index (χ1n) is 6.12.